The Kier molecular flexibility index (Phi) is 7.02. The molecule has 1 aromatic rings. The van der Waals surface area contributed by atoms with E-state index in [2.05, 4.69) is 27.5 Å². The number of nitrogens with zero attached hydrogens (tertiary/aromatic N) is 3. The highest BCUT2D eigenvalue weighted by Crippen LogP contribution is 2.14. The van der Waals surface area contributed by atoms with Crippen LogP contribution in [0.2, 0.25) is 0 Å². The molecule has 6 nitrogen and oxygen atoms in total. The molecule has 1 saturated heterocycles. The standard InChI is InChI=1S/C17H29N5OS/c1-5-14-10-19-15(24-14)11-20-17(18-4)21-13-6-8-22(9-7-13)16(23)12(2)3/h10,12-13H,5-9,11H2,1-4H3,(H2,18,20,21). The van der Waals surface area contributed by atoms with Crippen molar-refractivity contribution in [2.24, 2.45) is 10.9 Å². The van der Waals surface area contributed by atoms with Crippen LogP contribution in [0.3, 0.4) is 0 Å². The lowest BCUT2D eigenvalue weighted by Crippen LogP contribution is -2.50. The van der Waals surface area contributed by atoms with Gasteiger partial charge in [-0.1, -0.05) is 20.8 Å². The topological polar surface area (TPSA) is 69.6 Å². The second-order valence-electron chi connectivity index (χ2n) is 6.40. The Bertz CT molecular complexity index is 561. The van der Waals surface area contributed by atoms with Crippen molar-refractivity contribution in [1.29, 1.82) is 0 Å². The molecule has 1 aliphatic rings. The lowest BCUT2D eigenvalue weighted by Gasteiger charge is -2.34. The largest absolute Gasteiger partial charge is 0.354 e. The first kappa shape index (κ1) is 18.7. The zero-order valence-electron chi connectivity index (χ0n) is 15.1. The van der Waals surface area contributed by atoms with Gasteiger partial charge in [0.05, 0.1) is 6.54 Å². The smallest absolute Gasteiger partial charge is 0.225 e. The summed E-state index contributed by atoms with van der Waals surface area (Å²) in [5.41, 5.74) is 0. The lowest BCUT2D eigenvalue weighted by molar-refractivity contribution is -0.135. The fraction of sp³-hybridized carbons (Fsp3) is 0.706. The van der Waals surface area contributed by atoms with Crippen molar-refractivity contribution < 1.29 is 4.79 Å². The number of thiazole rings is 1. The summed E-state index contributed by atoms with van der Waals surface area (Å²) in [4.78, 5) is 24.0. The van der Waals surface area contributed by atoms with Crippen LogP contribution < -0.4 is 10.6 Å². The summed E-state index contributed by atoms with van der Waals surface area (Å²) in [7, 11) is 1.78. The summed E-state index contributed by atoms with van der Waals surface area (Å²) in [5, 5.41) is 7.87. The van der Waals surface area contributed by atoms with Crippen molar-refractivity contribution >= 4 is 23.2 Å². The maximum atomic E-state index is 12.0. The minimum Gasteiger partial charge on any atom is -0.354 e. The molecule has 1 aliphatic heterocycles. The molecule has 24 heavy (non-hydrogen) atoms. The van der Waals surface area contributed by atoms with Gasteiger partial charge in [-0.05, 0) is 19.3 Å². The average molecular weight is 352 g/mol. The third-order valence-electron chi connectivity index (χ3n) is 4.22. The van der Waals surface area contributed by atoms with Gasteiger partial charge in [0.15, 0.2) is 5.96 Å². The molecule has 0 aliphatic carbocycles. The van der Waals surface area contributed by atoms with E-state index in [0.29, 0.717) is 12.6 Å². The minimum absolute atomic E-state index is 0.0789. The molecule has 0 bridgehead atoms. The van der Waals surface area contributed by atoms with Gasteiger partial charge in [-0.15, -0.1) is 11.3 Å². The predicted molar refractivity (Wildman–Crippen MR) is 99.3 cm³/mol. The van der Waals surface area contributed by atoms with E-state index in [9.17, 15) is 4.79 Å². The first-order chi connectivity index (χ1) is 11.5. The van der Waals surface area contributed by atoms with E-state index in [-0.39, 0.29) is 11.8 Å². The van der Waals surface area contributed by atoms with Crippen molar-refractivity contribution in [3.63, 3.8) is 0 Å². The molecule has 0 aromatic carbocycles. The molecule has 0 radical (unpaired) electrons. The fourth-order valence-electron chi connectivity index (χ4n) is 2.75. The number of aryl methyl sites for hydroxylation is 1. The quantitative estimate of drug-likeness (QED) is 0.629. The predicted octanol–water partition coefficient (Wildman–Crippen LogP) is 2.02. The molecule has 2 N–H and O–H groups in total. The molecule has 2 rings (SSSR count). The van der Waals surface area contributed by atoms with Crippen LogP contribution >= 0.6 is 11.3 Å². The highest BCUT2D eigenvalue weighted by atomic mass is 32.1. The van der Waals surface area contributed by atoms with E-state index in [0.717, 1.165) is 43.3 Å². The van der Waals surface area contributed by atoms with Gasteiger partial charge < -0.3 is 15.5 Å². The number of amides is 1. The van der Waals surface area contributed by atoms with E-state index in [1.54, 1.807) is 18.4 Å². The average Bonchev–Trinajstić information content (AvgIpc) is 3.06. The van der Waals surface area contributed by atoms with Crippen molar-refractivity contribution in [3.05, 3.63) is 16.1 Å². The van der Waals surface area contributed by atoms with Gasteiger partial charge in [-0.2, -0.15) is 0 Å². The monoisotopic (exact) mass is 351 g/mol. The first-order valence-electron chi connectivity index (χ1n) is 8.73. The Morgan fingerprint density at radius 2 is 2.17 bits per heavy atom. The van der Waals surface area contributed by atoms with Crippen LogP contribution in [0.15, 0.2) is 11.2 Å². The van der Waals surface area contributed by atoms with Crippen molar-refractivity contribution in [2.75, 3.05) is 20.1 Å². The van der Waals surface area contributed by atoms with Crippen LogP contribution in [-0.2, 0) is 17.8 Å². The molecular weight excluding hydrogens is 322 g/mol. The minimum atomic E-state index is 0.0789. The maximum absolute atomic E-state index is 12.0. The van der Waals surface area contributed by atoms with Gasteiger partial charge in [0.2, 0.25) is 5.91 Å². The molecular formula is C17H29N5OS. The summed E-state index contributed by atoms with van der Waals surface area (Å²) < 4.78 is 0. The Hall–Kier alpha value is -1.63. The maximum Gasteiger partial charge on any atom is 0.225 e. The molecule has 1 fully saturated rings. The normalized spacial score (nSPS) is 16.5. The Morgan fingerprint density at radius 3 is 2.71 bits per heavy atom. The van der Waals surface area contributed by atoms with Crippen LogP contribution in [0, 0.1) is 5.92 Å². The second kappa shape index (κ2) is 9.01. The van der Waals surface area contributed by atoms with Gasteiger partial charge >= 0.3 is 0 Å². The molecule has 1 amide bonds. The number of piperidine rings is 1. The Morgan fingerprint density at radius 1 is 1.46 bits per heavy atom. The fourth-order valence-corrected chi connectivity index (χ4v) is 3.55. The molecule has 7 heteroatoms. The number of nitrogens with one attached hydrogen (secondary N) is 2. The molecule has 134 valence electrons. The van der Waals surface area contributed by atoms with Crippen molar-refractivity contribution in [2.45, 2.75) is 52.6 Å². The van der Waals surface area contributed by atoms with Gasteiger partial charge in [0.25, 0.3) is 0 Å². The lowest BCUT2D eigenvalue weighted by atomic mass is 10.0. The van der Waals surface area contributed by atoms with Crippen LogP contribution in [0.25, 0.3) is 0 Å². The Labute approximate surface area is 148 Å². The van der Waals surface area contributed by atoms with E-state index in [1.165, 1.54) is 4.88 Å². The number of rotatable bonds is 5. The molecule has 1 aromatic heterocycles. The van der Waals surface area contributed by atoms with E-state index in [1.807, 2.05) is 24.9 Å². The van der Waals surface area contributed by atoms with Crippen LogP contribution in [0.1, 0.15) is 43.5 Å². The summed E-state index contributed by atoms with van der Waals surface area (Å²) in [5.74, 6) is 1.14. The van der Waals surface area contributed by atoms with Gasteiger partial charge in [-0.3, -0.25) is 9.79 Å². The third-order valence-corrected chi connectivity index (χ3v) is 5.36. The van der Waals surface area contributed by atoms with E-state index >= 15 is 0 Å². The first-order valence-corrected chi connectivity index (χ1v) is 9.54. The van der Waals surface area contributed by atoms with Gasteiger partial charge in [-0.25, -0.2) is 4.98 Å². The molecule has 0 unspecified atom stereocenters. The number of hydrogen-bond acceptors (Lipinski definition) is 4. The number of hydrogen-bond donors (Lipinski definition) is 2. The molecule has 0 spiro atoms. The van der Waals surface area contributed by atoms with Crippen molar-refractivity contribution in [3.8, 4) is 0 Å². The van der Waals surface area contributed by atoms with E-state index < -0.39 is 0 Å². The van der Waals surface area contributed by atoms with Crippen LogP contribution in [0.5, 0.6) is 0 Å². The SMILES string of the molecule is CCc1cnc(CNC(=NC)NC2CCN(C(=O)C(C)C)CC2)s1. The number of aromatic nitrogens is 1. The number of likely N-dealkylation sites (tertiary alicyclic amines) is 1. The highest BCUT2D eigenvalue weighted by Gasteiger charge is 2.24. The number of guanidine groups is 1. The molecule has 0 atom stereocenters. The third kappa shape index (κ3) is 5.19. The summed E-state index contributed by atoms with van der Waals surface area (Å²) in [6, 6.07) is 0.356. The zero-order valence-corrected chi connectivity index (χ0v) is 15.9. The molecule has 2 heterocycles. The number of carbonyl (C=O) groups is 1. The molecule has 0 saturated carbocycles. The summed E-state index contributed by atoms with van der Waals surface area (Å²) >= 11 is 1.74. The number of aliphatic imine (C=N–C) groups is 1. The van der Waals surface area contributed by atoms with Crippen LogP contribution in [0.4, 0.5) is 0 Å². The van der Waals surface area contributed by atoms with Gasteiger partial charge in [0.1, 0.15) is 5.01 Å². The zero-order chi connectivity index (χ0) is 17.5. The van der Waals surface area contributed by atoms with Gasteiger partial charge in [0, 0.05) is 43.2 Å². The summed E-state index contributed by atoms with van der Waals surface area (Å²) in [6.45, 7) is 8.38. The van der Waals surface area contributed by atoms with Crippen LogP contribution in [-0.4, -0.2) is 47.9 Å². The second-order valence-corrected chi connectivity index (χ2v) is 7.60. The Balaban J connectivity index is 1.76. The van der Waals surface area contributed by atoms with E-state index in [4.69, 9.17) is 0 Å². The van der Waals surface area contributed by atoms with Crippen molar-refractivity contribution in [1.82, 2.24) is 20.5 Å². The highest BCUT2D eigenvalue weighted by molar-refractivity contribution is 7.11. The summed E-state index contributed by atoms with van der Waals surface area (Å²) in [6.07, 6.45) is 4.88. The number of carbonyl (C=O) groups excluding carboxylic acids is 1.